The maximum absolute atomic E-state index is 11.6. The summed E-state index contributed by atoms with van der Waals surface area (Å²) in [4.78, 5) is 15.4. The minimum atomic E-state index is -0.111. The molecule has 80 valence electrons. The molecule has 1 heterocycles. The van der Waals surface area contributed by atoms with Crippen LogP contribution in [0.4, 0.5) is 0 Å². The van der Waals surface area contributed by atoms with Gasteiger partial charge >= 0.3 is 0 Å². The van der Waals surface area contributed by atoms with Crippen LogP contribution in [-0.2, 0) is 0 Å². The third-order valence-corrected chi connectivity index (χ3v) is 2.58. The number of allylic oxidation sites excluding steroid dienone is 1. The zero-order chi connectivity index (χ0) is 11.4. The molecule has 0 aliphatic rings. The van der Waals surface area contributed by atoms with Crippen molar-refractivity contribution >= 4 is 27.9 Å². The largest absolute Gasteiger partial charge is 0.273 e. The Morgan fingerprint density at radius 1 is 1.31 bits per heavy atom. The van der Waals surface area contributed by atoms with E-state index in [4.69, 9.17) is 0 Å². The van der Waals surface area contributed by atoms with Gasteiger partial charge in [-0.3, -0.25) is 9.36 Å². The van der Waals surface area contributed by atoms with Gasteiger partial charge in [0.25, 0.3) is 5.91 Å². The molecule has 0 fully saturated rings. The van der Waals surface area contributed by atoms with E-state index in [9.17, 15) is 4.79 Å². The van der Waals surface area contributed by atoms with Crippen LogP contribution in [0.25, 0.3) is 6.08 Å². The Balaban J connectivity index is 2.10. The van der Waals surface area contributed by atoms with Gasteiger partial charge < -0.3 is 0 Å². The summed E-state index contributed by atoms with van der Waals surface area (Å²) in [7, 11) is 0. The van der Waals surface area contributed by atoms with Crippen LogP contribution in [0, 0.1) is 0 Å². The van der Waals surface area contributed by atoms with Crippen molar-refractivity contribution in [1.82, 2.24) is 9.55 Å². The molecule has 0 unspecified atom stereocenters. The molecule has 0 aliphatic carbocycles. The smallest absolute Gasteiger partial charge is 0.255 e. The monoisotopic (exact) mass is 276 g/mol. The molecule has 0 atom stereocenters. The van der Waals surface area contributed by atoms with Crippen LogP contribution in [-0.4, -0.2) is 15.5 Å². The first kappa shape index (κ1) is 10.8. The Morgan fingerprint density at radius 2 is 2.06 bits per heavy atom. The minimum absolute atomic E-state index is 0.111. The zero-order valence-electron chi connectivity index (χ0n) is 8.38. The van der Waals surface area contributed by atoms with Gasteiger partial charge in [-0.2, -0.15) is 0 Å². The standard InChI is InChI=1S/C12H9BrN2O/c13-11-4-1-10(2-5-11)3-6-12(16)15-8-7-14-9-15/h1-9H. The number of aromatic nitrogens is 2. The number of rotatable bonds is 2. The van der Waals surface area contributed by atoms with Gasteiger partial charge in [-0.25, -0.2) is 4.98 Å². The van der Waals surface area contributed by atoms with Crippen molar-refractivity contribution in [2.75, 3.05) is 0 Å². The predicted octanol–water partition coefficient (Wildman–Crippen LogP) is 3.00. The zero-order valence-corrected chi connectivity index (χ0v) is 9.96. The molecule has 4 heteroatoms. The van der Waals surface area contributed by atoms with E-state index in [1.54, 1.807) is 18.5 Å². The number of nitrogens with zero attached hydrogens (tertiary/aromatic N) is 2. The molecule has 0 spiro atoms. The Labute approximate surface area is 102 Å². The Hall–Kier alpha value is -1.68. The normalized spacial score (nSPS) is 10.8. The molecule has 16 heavy (non-hydrogen) atoms. The van der Waals surface area contributed by atoms with Crippen molar-refractivity contribution in [2.45, 2.75) is 0 Å². The van der Waals surface area contributed by atoms with Gasteiger partial charge in [-0.15, -0.1) is 0 Å². The van der Waals surface area contributed by atoms with E-state index in [0.717, 1.165) is 10.0 Å². The fourth-order valence-electron chi connectivity index (χ4n) is 1.22. The molecule has 0 saturated heterocycles. The number of carbonyl (C=O) groups is 1. The van der Waals surface area contributed by atoms with E-state index in [2.05, 4.69) is 20.9 Å². The van der Waals surface area contributed by atoms with Crippen LogP contribution in [0.5, 0.6) is 0 Å². The molecule has 0 radical (unpaired) electrons. The molecule has 1 aromatic carbocycles. The number of halogens is 1. The van der Waals surface area contributed by atoms with Crippen LogP contribution in [0.1, 0.15) is 10.4 Å². The Morgan fingerprint density at radius 3 is 2.69 bits per heavy atom. The van der Waals surface area contributed by atoms with Gasteiger partial charge in [-0.1, -0.05) is 28.1 Å². The van der Waals surface area contributed by atoms with Gasteiger partial charge in [-0.05, 0) is 23.8 Å². The molecule has 2 aromatic rings. The maximum Gasteiger partial charge on any atom is 0.255 e. The lowest BCUT2D eigenvalue weighted by atomic mass is 10.2. The topological polar surface area (TPSA) is 34.9 Å². The summed E-state index contributed by atoms with van der Waals surface area (Å²) < 4.78 is 2.45. The highest BCUT2D eigenvalue weighted by Gasteiger charge is 1.97. The first-order valence-corrected chi connectivity index (χ1v) is 5.51. The van der Waals surface area contributed by atoms with E-state index in [1.807, 2.05) is 24.3 Å². The van der Waals surface area contributed by atoms with Crippen LogP contribution in [0.3, 0.4) is 0 Å². The molecule has 1 aromatic heterocycles. The molecule has 0 amide bonds. The number of hydrogen-bond donors (Lipinski definition) is 0. The summed E-state index contributed by atoms with van der Waals surface area (Å²) in [5.74, 6) is -0.111. The van der Waals surface area contributed by atoms with Crippen molar-refractivity contribution in [3.05, 3.63) is 59.1 Å². The van der Waals surface area contributed by atoms with Crippen molar-refractivity contribution in [3.8, 4) is 0 Å². The van der Waals surface area contributed by atoms with Crippen molar-refractivity contribution in [1.29, 1.82) is 0 Å². The highest BCUT2D eigenvalue weighted by Crippen LogP contribution is 2.11. The summed E-state index contributed by atoms with van der Waals surface area (Å²) in [6.07, 6.45) is 7.97. The van der Waals surface area contributed by atoms with Crippen molar-refractivity contribution < 1.29 is 4.79 Å². The fourth-order valence-corrected chi connectivity index (χ4v) is 1.48. The highest BCUT2D eigenvalue weighted by molar-refractivity contribution is 9.10. The SMILES string of the molecule is O=C(C=Cc1ccc(Br)cc1)n1ccnc1. The first-order chi connectivity index (χ1) is 7.75. The molecule has 0 bridgehead atoms. The summed E-state index contributed by atoms with van der Waals surface area (Å²) in [5.41, 5.74) is 0.983. The second-order valence-electron chi connectivity index (χ2n) is 3.19. The summed E-state index contributed by atoms with van der Waals surface area (Å²) in [5, 5.41) is 0. The Kier molecular flexibility index (Phi) is 3.31. The summed E-state index contributed by atoms with van der Waals surface area (Å²) in [6, 6.07) is 7.73. The van der Waals surface area contributed by atoms with Crippen molar-refractivity contribution in [2.24, 2.45) is 0 Å². The van der Waals surface area contributed by atoms with Gasteiger partial charge in [0.05, 0.1) is 0 Å². The van der Waals surface area contributed by atoms with Gasteiger partial charge in [0.1, 0.15) is 6.33 Å². The maximum atomic E-state index is 11.6. The van der Waals surface area contributed by atoms with Gasteiger partial charge in [0.2, 0.25) is 0 Å². The van der Waals surface area contributed by atoms with Gasteiger partial charge in [0, 0.05) is 22.9 Å². The number of carbonyl (C=O) groups excluding carboxylic acids is 1. The van der Waals surface area contributed by atoms with E-state index in [1.165, 1.54) is 17.0 Å². The number of hydrogen-bond acceptors (Lipinski definition) is 2. The van der Waals surface area contributed by atoms with Crippen LogP contribution >= 0.6 is 15.9 Å². The van der Waals surface area contributed by atoms with Crippen LogP contribution < -0.4 is 0 Å². The van der Waals surface area contributed by atoms with Crippen LogP contribution in [0.15, 0.2) is 53.5 Å². The number of imidazole rings is 1. The van der Waals surface area contributed by atoms with Crippen LogP contribution in [0.2, 0.25) is 0 Å². The lowest BCUT2D eigenvalue weighted by molar-refractivity contribution is 0.0969. The Bertz CT molecular complexity index is 500. The van der Waals surface area contributed by atoms with E-state index in [0.29, 0.717) is 0 Å². The average Bonchev–Trinajstić information content (AvgIpc) is 2.81. The van der Waals surface area contributed by atoms with E-state index < -0.39 is 0 Å². The highest BCUT2D eigenvalue weighted by atomic mass is 79.9. The fraction of sp³-hybridized carbons (Fsp3) is 0. The molecule has 0 N–H and O–H groups in total. The lowest BCUT2D eigenvalue weighted by Gasteiger charge is -1.95. The summed E-state index contributed by atoms with van der Waals surface area (Å²) in [6.45, 7) is 0. The lowest BCUT2D eigenvalue weighted by Crippen LogP contribution is -2.03. The third kappa shape index (κ3) is 2.67. The molecule has 0 aliphatic heterocycles. The third-order valence-electron chi connectivity index (χ3n) is 2.05. The second kappa shape index (κ2) is 4.90. The molecule has 3 nitrogen and oxygen atoms in total. The molecular weight excluding hydrogens is 268 g/mol. The molecule has 2 rings (SSSR count). The average molecular weight is 277 g/mol. The minimum Gasteiger partial charge on any atom is -0.273 e. The number of benzene rings is 1. The van der Waals surface area contributed by atoms with E-state index in [-0.39, 0.29) is 5.91 Å². The quantitative estimate of drug-likeness (QED) is 0.791. The second-order valence-corrected chi connectivity index (χ2v) is 4.11. The van der Waals surface area contributed by atoms with Crippen molar-refractivity contribution in [3.63, 3.8) is 0 Å². The van der Waals surface area contributed by atoms with Gasteiger partial charge in [0.15, 0.2) is 0 Å². The predicted molar refractivity (Wildman–Crippen MR) is 66.0 cm³/mol. The summed E-state index contributed by atoms with van der Waals surface area (Å²) >= 11 is 3.35. The van der Waals surface area contributed by atoms with E-state index >= 15 is 0 Å². The molecular formula is C12H9BrN2O. The molecule has 0 saturated carbocycles. The first-order valence-electron chi connectivity index (χ1n) is 4.71.